The van der Waals surface area contributed by atoms with Gasteiger partial charge in [0, 0.05) is 19.0 Å². The predicted octanol–water partition coefficient (Wildman–Crippen LogP) is 2.88. The van der Waals surface area contributed by atoms with E-state index in [9.17, 15) is 0 Å². The number of thioether (sulfide) groups is 1. The highest BCUT2D eigenvalue weighted by molar-refractivity contribution is 7.99. The van der Waals surface area contributed by atoms with Crippen molar-refractivity contribution >= 4 is 11.8 Å². The minimum atomic E-state index is -0.0797. The number of rotatable bonds is 4. The number of aromatic nitrogens is 4. The second kappa shape index (κ2) is 6.32. The minimum absolute atomic E-state index is 0.0797. The molecule has 1 atom stereocenters. The molecule has 0 N–H and O–H groups in total. The van der Waals surface area contributed by atoms with E-state index < -0.39 is 0 Å². The van der Waals surface area contributed by atoms with Crippen LogP contribution in [-0.4, -0.2) is 32.5 Å². The van der Waals surface area contributed by atoms with Gasteiger partial charge in [-0.05, 0) is 25.0 Å². The summed E-state index contributed by atoms with van der Waals surface area (Å²) >= 11 is 1.62. The lowest BCUT2D eigenvalue weighted by molar-refractivity contribution is -0.00459. The summed E-state index contributed by atoms with van der Waals surface area (Å²) in [5.74, 6) is 1.94. The first-order valence-corrected chi connectivity index (χ1v) is 7.76. The van der Waals surface area contributed by atoms with E-state index in [1.165, 1.54) is 0 Å². The third-order valence-corrected chi connectivity index (χ3v) is 3.92. The third kappa shape index (κ3) is 2.83. The molecular weight excluding hydrogens is 276 g/mol. The summed E-state index contributed by atoms with van der Waals surface area (Å²) in [7, 11) is 0. The zero-order chi connectivity index (χ0) is 13.8. The van der Waals surface area contributed by atoms with Crippen LogP contribution < -0.4 is 0 Å². The Labute approximate surface area is 121 Å². The van der Waals surface area contributed by atoms with Gasteiger partial charge < -0.3 is 9.26 Å². The van der Waals surface area contributed by atoms with Crippen molar-refractivity contribution in [2.75, 3.05) is 12.4 Å². The molecule has 7 heteroatoms. The van der Waals surface area contributed by atoms with Gasteiger partial charge in [0.1, 0.15) is 16.8 Å². The Bertz CT molecular complexity index is 569. The van der Waals surface area contributed by atoms with Crippen LogP contribution >= 0.6 is 11.8 Å². The van der Waals surface area contributed by atoms with Crippen molar-refractivity contribution < 1.29 is 9.26 Å². The zero-order valence-corrected chi connectivity index (χ0v) is 12.1. The summed E-state index contributed by atoms with van der Waals surface area (Å²) in [6.07, 6.45) is 6.39. The molecule has 0 bridgehead atoms. The van der Waals surface area contributed by atoms with Gasteiger partial charge in [-0.2, -0.15) is 4.98 Å². The molecule has 0 aliphatic carbocycles. The molecule has 20 heavy (non-hydrogen) atoms. The summed E-state index contributed by atoms with van der Waals surface area (Å²) in [5.41, 5.74) is 0.671. The maximum Gasteiger partial charge on any atom is 0.256 e. The fraction of sp³-hybridized carbons (Fsp3) is 0.538. The molecule has 0 aromatic carbocycles. The minimum Gasteiger partial charge on any atom is -0.368 e. The number of nitrogens with zero attached hydrogens (tertiary/aromatic N) is 4. The van der Waals surface area contributed by atoms with Crippen molar-refractivity contribution in [2.45, 2.75) is 37.3 Å². The molecule has 6 nitrogen and oxygen atoms in total. The third-order valence-electron chi connectivity index (χ3n) is 3.05. The lowest BCUT2D eigenvalue weighted by Crippen LogP contribution is -2.11. The highest BCUT2D eigenvalue weighted by atomic mass is 32.2. The van der Waals surface area contributed by atoms with Crippen LogP contribution in [0.25, 0.3) is 11.5 Å². The average Bonchev–Trinajstić information content (AvgIpc) is 2.99. The van der Waals surface area contributed by atoms with Gasteiger partial charge in [0.05, 0.1) is 0 Å². The van der Waals surface area contributed by atoms with Gasteiger partial charge >= 0.3 is 0 Å². The lowest BCUT2D eigenvalue weighted by Gasteiger charge is -2.18. The summed E-state index contributed by atoms with van der Waals surface area (Å²) in [6, 6.07) is 0. The fourth-order valence-electron chi connectivity index (χ4n) is 2.12. The Kier molecular flexibility index (Phi) is 4.27. The number of ether oxygens (including phenoxy) is 1. The molecule has 106 valence electrons. The van der Waals surface area contributed by atoms with Crippen LogP contribution in [0.5, 0.6) is 0 Å². The highest BCUT2D eigenvalue weighted by Gasteiger charge is 2.24. The van der Waals surface area contributed by atoms with Crippen LogP contribution in [0.1, 0.15) is 38.2 Å². The molecule has 1 aliphatic rings. The largest absolute Gasteiger partial charge is 0.368 e. The molecule has 1 fully saturated rings. The molecule has 0 amide bonds. The molecule has 0 radical (unpaired) electrons. The Morgan fingerprint density at radius 1 is 1.30 bits per heavy atom. The Balaban J connectivity index is 1.86. The maximum absolute atomic E-state index is 5.65. The SMILES string of the molecule is CCSc1nccnc1-c1noc(C2CCCCO2)n1. The molecule has 1 aliphatic heterocycles. The lowest BCUT2D eigenvalue weighted by atomic mass is 10.1. The van der Waals surface area contributed by atoms with Crippen molar-refractivity contribution in [1.82, 2.24) is 20.1 Å². The molecule has 3 rings (SSSR count). The molecule has 1 saturated heterocycles. The van der Waals surface area contributed by atoms with Gasteiger partial charge in [-0.25, -0.2) is 9.97 Å². The Hall–Kier alpha value is -1.47. The molecule has 3 heterocycles. The first-order chi connectivity index (χ1) is 9.88. The molecule has 0 saturated carbocycles. The standard InChI is InChI=1S/C13H16N4O2S/c1-2-20-13-10(14-6-7-15-13)11-16-12(19-17-11)9-5-3-4-8-18-9/h6-7,9H,2-5,8H2,1H3. The summed E-state index contributed by atoms with van der Waals surface area (Å²) in [5, 5.41) is 4.85. The van der Waals surface area contributed by atoms with Gasteiger partial charge in [-0.1, -0.05) is 12.1 Å². The first-order valence-electron chi connectivity index (χ1n) is 6.78. The second-order valence-corrected chi connectivity index (χ2v) is 5.71. The van der Waals surface area contributed by atoms with E-state index in [0.29, 0.717) is 17.4 Å². The molecule has 0 spiro atoms. The normalized spacial score (nSPS) is 19.1. The van der Waals surface area contributed by atoms with Crippen LogP contribution in [-0.2, 0) is 4.74 Å². The van der Waals surface area contributed by atoms with Crippen LogP contribution in [0, 0.1) is 0 Å². The van der Waals surface area contributed by atoms with Gasteiger partial charge in [0.15, 0.2) is 0 Å². The van der Waals surface area contributed by atoms with Crippen LogP contribution in [0.4, 0.5) is 0 Å². The van der Waals surface area contributed by atoms with E-state index in [-0.39, 0.29) is 6.10 Å². The molecule has 1 unspecified atom stereocenters. The maximum atomic E-state index is 5.65. The van der Waals surface area contributed by atoms with Gasteiger partial charge in [0.2, 0.25) is 5.82 Å². The van der Waals surface area contributed by atoms with Gasteiger partial charge in [-0.3, -0.25) is 0 Å². The van der Waals surface area contributed by atoms with Crippen LogP contribution in [0.2, 0.25) is 0 Å². The second-order valence-electron chi connectivity index (χ2n) is 4.45. The number of hydrogen-bond donors (Lipinski definition) is 0. The average molecular weight is 292 g/mol. The van der Waals surface area contributed by atoms with E-state index in [1.54, 1.807) is 24.2 Å². The van der Waals surface area contributed by atoms with Gasteiger partial charge in [0.25, 0.3) is 5.89 Å². The van der Waals surface area contributed by atoms with Crippen molar-refractivity contribution in [3.05, 3.63) is 18.3 Å². The Morgan fingerprint density at radius 2 is 2.20 bits per heavy atom. The summed E-state index contributed by atoms with van der Waals surface area (Å²) in [4.78, 5) is 13.1. The van der Waals surface area contributed by atoms with Gasteiger partial charge in [-0.15, -0.1) is 11.8 Å². The zero-order valence-electron chi connectivity index (χ0n) is 11.3. The molecule has 2 aromatic heterocycles. The van der Waals surface area contributed by atoms with E-state index in [4.69, 9.17) is 9.26 Å². The smallest absolute Gasteiger partial charge is 0.256 e. The van der Waals surface area contributed by atoms with E-state index in [2.05, 4.69) is 27.0 Å². The summed E-state index contributed by atoms with van der Waals surface area (Å²) in [6.45, 7) is 2.82. The highest BCUT2D eigenvalue weighted by Crippen LogP contribution is 2.30. The van der Waals surface area contributed by atoms with Crippen molar-refractivity contribution in [2.24, 2.45) is 0 Å². The quantitative estimate of drug-likeness (QED) is 0.802. The van der Waals surface area contributed by atoms with E-state index in [0.717, 1.165) is 36.6 Å². The van der Waals surface area contributed by atoms with Crippen LogP contribution in [0.15, 0.2) is 21.9 Å². The molecular formula is C13H16N4O2S. The number of hydrogen-bond acceptors (Lipinski definition) is 7. The monoisotopic (exact) mass is 292 g/mol. The fourth-order valence-corrected chi connectivity index (χ4v) is 2.81. The van der Waals surface area contributed by atoms with Crippen molar-refractivity contribution in [3.8, 4) is 11.5 Å². The van der Waals surface area contributed by atoms with Crippen LogP contribution in [0.3, 0.4) is 0 Å². The van der Waals surface area contributed by atoms with E-state index in [1.807, 2.05) is 0 Å². The first kappa shape index (κ1) is 13.5. The topological polar surface area (TPSA) is 73.9 Å². The van der Waals surface area contributed by atoms with E-state index >= 15 is 0 Å². The predicted molar refractivity (Wildman–Crippen MR) is 74.3 cm³/mol. The van der Waals surface area contributed by atoms with Crippen molar-refractivity contribution in [3.63, 3.8) is 0 Å². The summed E-state index contributed by atoms with van der Waals surface area (Å²) < 4.78 is 11.0. The molecule has 2 aromatic rings. The van der Waals surface area contributed by atoms with Crippen molar-refractivity contribution in [1.29, 1.82) is 0 Å². The Morgan fingerprint density at radius 3 is 3.00 bits per heavy atom.